The molecule has 6 heteroatoms. The van der Waals surface area contributed by atoms with Gasteiger partial charge in [-0.2, -0.15) is 0 Å². The van der Waals surface area contributed by atoms with E-state index in [1.54, 1.807) is 23.9 Å². The van der Waals surface area contributed by atoms with Crippen LogP contribution in [-0.4, -0.2) is 73.5 Å². The summed E-state index contributed by atoms with van der Waals surface area (Å²) < 4.78 is 5.75. The van der Waals surface area contributed by atoms with Gasteiger partial charge in [0.05, 0.1) is 13.0 Å². The number of piperazine rings is 1. The van der Waals surface area contributed by atoms with Crippen LogP contribution in [0.4, 0.5) is 4.79 Å². The molecule has 1 aliphatic heterocycles. The van der Waals surface area contributed by atoms with Crippen LogP contribution in [0.1, 0.15) is 17.5 Å². The number of nitrogens with zero attached hydrogens (tertiary/aromatic N) is 3. The molecule has 1 aromatic rings. The molecule has 1 fully saturated rings. The number of carbonyl (C=O) groups excluding carboxylic acids is 2. The molecule has 1 aromatic carbocycles. The van der Waals surface area contributed by atoms with Gasteiger partial charge < -0.3 is 19.4 Å². The van der Waals surface area contributed by atoms with Crippen molar-refractivity contribution in [1.29, 1.82) is 0 Å². The Labute approximate surface area is 144 Å². The molecule has 0 atom stereocenters. The lowest BCUT2D eigenvalue weighted by Gasteiger charge is -2.36. The summed E-state index contributed by atoms with van der Waals surface area (Å²) in [5.41, 5.74) is 2.29. The number of aryl methyl sites for hydroxylation is 1. The van der Waals surface area contributed by atoms with Crippen molar-refractivity contribution in [3.63, 3.8) is 0 Å². The third kappa shape index (κ3) is 4.40. The molecular formula is C18H27N3O3. The van der Waals surface area contributed by atoms with Crippen LogP contribution < -0.4 is 4.74 Å². The topological polar surface area (TPSA) is 53.1 Å². The number of carbonyl (C=O) groups is 2. The third-order valence-corrected chi connectivity index (χ3v) is 4.41. The maximum absolute atomic E-state index is 12.3. The second kappa shape index (κ2) is 8.04. The van der Waals surface area contributed by atoms with Gasteiger partial charge in [0, 0.05) is 40.3 Å². The van der Waals surface area contributed by atoms with E-state index in [2.05, 4.69) is 0 Å². The largest absolute Gasteiger partial charge is 0.493 e. The van der Waals surface area contributed by atoms with Gasteiger partial charge in [-0.25, -0.2) is 4.79 Å². The summed E-state index contributed by atoms with van der Waals surface area (Å²) in [4.78, 5) is 29.3. The highest BCUT2D eigenvalue weighted by atomic mass is 16.5. The number of ether oxygens (including phenoxy) is 1. The molecule has 0 unspecified atom stereocenters. The van der Waals surface area contributed by atoms with Crippen molar-refractivity contribution in [3.05, 3.63) is 29.3 Å². The molecule has 1 aliphatic rings. The highest BCUT2D eigenvalue weighted by Crippen LogP contribution is 2.20. The van der Waals surface area contributed by atoms with E-state index in [0.29, 0.717) is 39.2 Å². The summed E-state index contributed by atoms with van der Waals surface area (Å²) >= 11 is 0. The lowest BCUT2D eigenvalue weighted by Crippen LogP contribution is -2.53. The monoisotopic (exact) mass is 333 g/mol. The first kappa shape index (κ1) is 18.1. The minimum atomic E-state index is 0.000329. The van der Waals surface area contributed by atoms with E-state index in [4.69, 9.17) is 4.74 Å². The van der Waals surface area contributed by atoms with E-state index in [0.717, 1.165) is 11.3 Å². The summed E-state index contributed by atoms with van der Waals surface area (Å²) in [5, 5.41) is 0. The molecule has 6 nitrogen and oxygen atoms in total. The number of urea groups is 1. The number of rotatable bonds is 4. The van der Waals surface area contributed by atoms with E-state index < -0.39 is 0 Å². The fourth-order valence-electron chi connectivity index (χ4n) is 2.72. The molecule has 1 heterocycles. The van der Waals surface area contributed by atoms with Gasteiger partial charge >= 0.3 is 6.03 Å². The van der Waals surface area contributed by atoms with Crippen LogP contribution in [0.3, 0.4) is 0 Å². The van der Waals surface area contributed by atoms with Crippen molar-refractivity contribution in [2.24, 2.45) is 0 Å². The van der Waals surface area contributed by atoms with Crippen molar-refractivity contribution in [1.82, 2.24) is 14.7 Å². The summed E-state index contributed by atoms with van der Waals surface area (Å²) in [6, 6.07) is 5.93. The number of amides is 3. The van der Waals surface area contributed by atoms with Gasteiger partial charge in [-0.15, -0.1) is 0 Å². The van der Waals surface area contributed by atoms with Gasteiger partial charge in [0.1, 0.15) is 5.75 Å². The number of hydrogen-bond donors (Lipinski definition) is 0. The lowest BCUT2D eigenvalue weighted by molar-refractivity contribution is -0.133. The second-order valence-electron chi connectivity index (χ2n) is 6.34. The van der Waals surface area contributed by atoms with Gasteiger partial charge in [0.15, 0.2) is 0 Å². The van der Waals surface area contributed by atoms with Gasteiger partial charge in [0.2, 0.25) is 5.91 Å². The van der Waals surface area contributed by atoms with Crippen LogP contribution >= 0.6 is 0 Å². The Morgan fingerprint density at radius 1 is 1.08 bits per heavy atom. The van der Waals surface area contributed by atoms with E-state index in [1.165, 1.54) is 5.56 Å². The Balaban J connectivity index is 1.76. The lowest BCUT2D eigenvalue weighted by atomic mass is 10.1. The predicted molar refractivity (Wildman–Crippen MR) is 93.3 cm³/mol. The van der Waals surface area contributed by atoms with Crippen LogP contribution in [0.5, 0.6) is 5.75 Å². The molecule has 0 N–H and O–H groups in total. The minimum absolute atomic E-state index is 0.000329. The number of benzene rings is 1. The van der Waals surface area contributed by atoms with Crippen molar-refractivity contribution < 1.29 is 14.3 Å². The van der Waals surface area contributed by atoms with Gasteiger partial charge in [-0.05, 0) is 31.0 Å². The SMILES string of the molecule is Cc1cccc(OCCC(=O)N2CCN(C(=O)N(C)C)CC2)c1C. The van der Waals surface area contributed by atoms with Crippen molar-refractivity contribution >= 4 is 11.9 Å². The highest BCUT2D eigenvalue weighted by Gasteiger charge is 2.24. The minimum Gasteiger partial charge on any atom is -0.493 e. The summed E-state index contributed by atoms with van der Waals surface area (Å²) in [5.74, 6) is 0.918. The van der Waals surface area contributed by atoms with Crippen LogP contribution in [-0.2, 0) is 4.79 Å². The van der Waals surface area contributed by atoms with Crippen molar-refractivity contribution in [3.8, 4) is 5.75 Å². The molecule has 2 rings (SSSR count). The first-order valence-electron chi connectivity index (χ1n) is 8.33. The molecule has 0 aliphatic carbocycles. The number of hydrogen-bond acceptors (Lipinski definition) is 3. The Kier molecular flexibility index (Phi) is 6.06. The van der Waals surface area contributed by atoms with Crippen LogP contribution in [0.15, 0.2) is 18.2 Å². The summed E-state index contributed by atoms with van der Waals surface area (Å²) in [7, 11) is 3.48. The van der Waals surface area contributed by atoms with Gasteiger partial charge in [-0.3, -0.25) is 4.79 Å². The zero-order valence-electron chi connectivity index (χ0n) is 15.0. The standard InChI is InChI=1S/C18H27N3O3/c1-14-6-5-7-16(15(14)2)24-13-8-17(22)20-9-11-21(12-10-20)18(23)19(3)4/h5-7H,8-13H2,1-4H3. The molecule has 1 saturated heterocycles. The van der Waals surface area contributed by atoms with E-state index in [1.807, 2.05) is 36.9 Å². The molecule has 0 bridgehead atoms. The molecule has 0 radical (unpaired) electrons. The van der Waals surface area contributed by atoms with Crippen LogP contribution in [0.2, 0.25) is 0 Å². The fourth-order valence-corrected chi connectivity index (χ4v) is 2.72. The Morgan fingerprint density at radius 2 is 1.71 bits per heavy atom. The van der Waals surface area contributed by atoms with Crippen molar-refractivity contribution in [2.75, 3.05) is 46.9 Å². The molecule has 0 aromatic heterocycles. The Hall–Kier alpha value is -2.24. The molecule has 24 heavy (non-hydrogen) atoms. The predicted octanol–water partition coefficient (Wildman–Crippen LogP) is 1.90. The Bertz CT molecular complexity index is 593. The maximum Gasteiger partial charge on any atom is 0.319 e. The first-order valence-corrected chi connectivity index (χ1v) is 8.33. The molecular weight excluding hydrogens is 306 g/mol. The first-order chi connectivity index (χ1) is 11.4. The summed E-state index contributed by atoms with van der Waals surface area (Å²) in [6.45, 7) is 6.78. The normalized spacial score (nSPS) is 14.5. The Morgan fingerprint density at radius 3 is 2.33 bits per heavy atom. The average molecular weight is 333 g/mol. The van der Waals surface area contributed by atoms with E-state index in [9.17, 15) is 9.59 Å². The smallest absolute Gasteiger partial charge is 0.319 e. The third-order valence-electron chi connectivity index (χ3n) is 4.41. The van der Waals surface area contributed by atoms with Crippen LogP contribution in [0, 0.1) is 13.8 Å². The van der Waals surface area contributed by atoms with Crippen molar-refractivity contribution in [2.45, 2.75) is 20.3 Å². The van der Waals surface area contributed by atoms with Gasteiger partial charge in [-0.1, -0.05) is 12.1 Å². The van der Waals surface area contributed by atoms with E-state index in [-0.39, 0.29) is 11.9 Å². The second-order valence-corrected chi connectivity index (χ2v) is 6.34. The molecule has 132 valence electrons. The van der Waals surface area contributed by atoms with Gasteiger partial charge in [0.25, 0.3) is 0 Å². The molecule has 0 spiro atoms. The highest BCUT2D eigenvalue weighted by molar-refractivity contribution is 5.77. The fraction of sp³-hybridized carbons (Fsp3) is 0.556. The zero-order valence-corrected chi connectivity index (χ0v) is 15.0. The maximum atomic E-state index is 12.3. The average Bonchev–Trinajstić information content (AvgIpc) is 2.58. The summed E-state index contributed by atoms with van der Waals surface area (Å²) in [6.07, 6.45) is 0.356. The quantitative estimate of drug-likeness (QED) is 0.846. The molecule has 0 saturated carbocycles. The van der Waals surface area contributed by atoms with E-state index >= 15 is 0 Å². The zero-order chi connectivity index (χ0) is 17.7. The van der Waals surface area contributed by atoms with Crippen LogP contribution in [0.25, 0.3) is 0 Å². The molecule has 3 amide bonds.